The van der Waals surface area contributed by atoms with Crippen molar-refractivity contribution in [3.8, 4) is 5.69 Å². The van der Waals surface area contributed by atoms with E-state index in [1.807, 2.05) is 4.90 Å². The summed E-state index contributed by atoms with van der Waals surface area (Å²) in [5, 5.41) is 7.18. The molecule has 1 aromatic heterocycles. The summed E-state index contributed by atoms with van der Waals surface area (Å²) >= 11 is 6.14. The van der Waals surface area contributed by atoms with Crippen molar-refractivity contribution in [3.63, 3.8) is 0 Å². The molecule has 116 valence electrons. The quantitative estimate of drug-likeness (QED) is 0.910. The van der Waals surface area contributed by atoms with Gasteiger partial charge in [-0.05, 0) is 12.1 Å². The summed E-state index contributed by atoms with van der Waals surface area (Å²) in [5.74, 6) is -1.57. The fourth-order valence-electron chi connectivity index (χ4n) is 2.40. The van der Waals surface area contributed by atoms with Gasteiger partial charge < -0.3 is 10.2 Å². The van der Waals surface area contributed by atoms with E-state index in [1.54, 1.807) is 0 Å². The molecular formula is C14H13ClF2N4O. The molecule has 0 spiro atoms. The number of nitrogens with zero attached hydrogens (tertiary/aromatic N) is 3. The van der Waals surface area contributed by atoms with E-state index in [1.165, 1.54) is 6.20 Å². The Kier molecular flexibility index (Phi) is 4.08. The smallest absolute Gasteiger partial charge is 0.292 e. The first-order chi connectivity index (χ1) is 10.6. The van der Waals surface area contributed by atoms with Crippen molar-refractivity contribution < 1.29 is 8.78 Å². The minimum absolute atomic E-state index is 0.00346. The first-order valence-corrected chi connectivity index (χ1v) is 7.14. The van der Waals surface area contributed by atoms with Crippen LogP contribution in [0.1, 0.15) is 0 Å². The Hall–Kier alpha value is -1.99. The van der Waals surface area contributed by atoms with Crippen LogP contribution >= 0.6 is 11.6 Å². The van der Waals surface area contributed by atoms with Gasteiger partial charge in [0.05, 0.1) is 17.6 Å². The molecule has 3 rings (SSSR count). The van der Waals surface area contributed by atoms with Crippen LogP contribution in [0.4, 0.5) is 14.5 Å². The molecule has 0 aliphatic carbocycles. The monoisotopic (exact) mass is 326 g/mol. The largest absolute Gasteiger partial charge is 0.366 e. The zero-order valence-corrected chi connectivity index (χ0v) is 12.3. The van der Waals surface area contributed by atoms with Crippen molar-refractivity contribution in [2.45, 2.75) is 0 Å². The molecule has 5 nitrogen and oxygen atoms in total. The number of aromatic nitrogens is 2. The average Bonchev–Trinajstić information content (AvgIpc) is 2.50. The maximum Gasteiger partial charge on any atom is 0.292 e. The summed E-state index contributed by atoms with van der Waals surface area (Å²) in [5.41, 5.74) is -0.0831. The molecular weight excluding hydrogens is 314 g/mol. The van der Waals surface area contributed by atoms with Crippen LogP contribution in [-0.2, 0) is 0 Å². The zero-order valence-electron chi connectivity index (χ0n) is 11.5. The van der Waals surface area contributed by atoms with Gasteiger partial charge in [-0.25, -0.2) is 8.78 Å². The second-order valence-corrected chi connectivity index (χ2v) is 5.30. The van der Waals surface area contributed by atoms with Crippen molar-refractivity contribution in [2.24, 2.45) is 0 Å². The van der Waals surface area contributed by atoms with Gasteiger partial charge in [-0.1, -0.05) is 11.6 Å². The van der Waals surface area contributed by atoms with Gasteiger partial charge in [0.2, 0.25) is 0 Å². The van der Waals surface area contributed by atoms with E-state index in [0.717, 1.165) is 36.0 Å². The molecule has 8 heteroatoms. The third-order valence-electron chi connectivity index (χ3n) is 3.45. The number of hydrogen-bond acceptors (Lipinski definition) is 4. The predicted molar refractivity (Wildman–Crippen MR) is 79.8 cm³/mol. The Bertz CT molecular complexity index is 739. The van der Waals surface area contributed by atoms with Crippen LogP contribution in [0, 0.1) is 11.6 Å². The highest BCUT2D eigenvalue weighted by Gasteiger charge is 2.18. The van der Waals surface area contributed by atoms with E-state index >= 15 is 0 Å². The fourth-order valence-corrected chi connectivity index (χ4v) is 2.64. The van der Waals surface area contributed by atoms with Gasteiger partial charge in [0.15, 0.2) is 0 Å². The molecule has 1 aliphatic rings. The van der Waals surface area contributed by atoms with E-state index in [4.69, 9.17) is 11.6 Å². The van der Waals surface area contributed by atoms with Crippen molar-refractivity contribution in [3.05, 3.63) is 51.4 Å². The third kappa shape index (κ3) is 2.82. The van der Waals surface area contributed by atoms with Crippen LogP contribution in [0.25, 0.3) is 5.69 Å². The van der Waals surface area contributed by atoms with Gasteiger partial charge in [-0.3, -0.25) is 4.79 Å². The first-order valence-electron chi connectivity index (χ1n) is 6.76. The minimum atomic E-state index is -0.786. The van der Waals surface area contributed by atoms with Gasteiger partial charge in [0.25, 0.3) is 5.56 Å². The van der Waals surface area contributed by atoms with E-state index in [0.29, 0.717) is 18.8 Å². The van der Waals surface area contributed by atoms with Crippen LogP contribution in [0.3, 0.4) is 0 Å². The Labute approximate surface area is 130 Å². The summed E-state index contributed by atoms with van der Waals surface area (Å²) in [6, 6.07) is 2.78. The molecule has 2 aromatic rings. The van der Waals surface area contributed by atoms with Gasteiger partial charge in [0, 0.05) is 32.2 Å². The summed E-state index contributed by atoms with van der Waals surface area (Å²) in [6.45, 7) is 2.99. The normalized spacial score (nSPS) is 15.1. The molecule has 0 saturated carbocycles. The Morgan fingerprint density at radius 2 is 1.77 bits per heavy atom. The molecule has 1 saturated heterocycles. The maximum atomic E-state index is 13.3. The summed E-state index contributed by atoms with van der Waals surface area (Å²) in [7, 11) is 0. The molecule has 0 bridgehead atoms. The third-order valence-corrected chi connectivity index (χ3v) is 3.81. The molecule has 0 unspecified atom stereocenters. The van der Waals surface area contributed by atoms with Gasteiger partial charge >= 0.3 is 0 Å². The second kappa shape index (κ2) is 6.02. The number of benzene rings is 1. The fraction of sp³-hybridized carbons (Fsp3) is 0.286. The van der Waals surface area contributed by atoms with E-state index in [2.05, 4.69) is 10.4 Å². The van der Waals surface area contributed by atoms with Crippen molar-refractivity contribution >= 4 is 17.3 Å². The number of rotatable bonds is 2. The lowest BCUT2D eigenvalue weighted by molar-refractivity contribution is 0.577. The summed E-state index contributed by atoms with van der Waals surface area (Å²) in [6.07, 6.45) is 1.44. The Balaban J connectivity index is 2.04. The highest BCUT2D eigenvalue weighted by atomic mass is 35.5. The van der Waals surface area contributed by atoms with Crippen LogP contribution in [0.15, 0.2) is 29.2 Å². The van der Waals surface area contributed by atoms with Gasteiger partial charge in [-0.2, -0.15) is 9.78 Å². The highest BCUT2D eigenvalue weighted by molar-refractivity contribution is 6.33. The molecule has 0 radical (unpaired) electrons. The highest BCUT2D eigenvalue weighted by Crippen LogP contribution is 2.22. The van der Waals surface area contributed by atoms with Crippen LogP contribution in [0.2, 0.25) is 5.02 Å². The van der Waals surface area contributed by atoms with Crippen LogP contribution in [0.5, 0.6) is 0 Å². The molecule has 1 fully saturated rings. The second-order valence-electron chi connectivity index (χ2n) is 4.93. The zero-order chi connectivity index (χ0) is 15.7. The Morgan fingerprint density at radius 3 is 2.41 bits per heavy atom. The van der Waals surface area contributed by atoms with Crippen molar-refractivity contribution in [2.75, 3.05) is 31.1 Å². The number of anilines is 1. The Morgan fingerprint density at radius 1 is 1.14 bits per heavy atom. The van der Waals surface area contributed by atoms with Gasteiger partial charge in [0.1, 0.15) is 16.7 Å². The SMILES string of the molecule is O=c1c(Cl)c(N2CCNCC2)cnn1-c1cc(F)cc(F)c1. The lowest BCUT2D eigenvalue weighted by Gasteiger charge is -2.29. The molecule has 22 heavy (non-hydrogen) atoms. The summed E-state index contributed by atoms with van der Waals surface area (Å²) in [4.78, 5) is 14.3. The summed E-state index contributed by atoms with van der Waals surface area (Å²) < 4.78 is 27.5. The van der Waals surface area contributed by atoms with Crippen molar-refractivity contribution in [1.82, 2.24) is 15.1 Å². The maximum absolute atomic E-state index is 13.3. The molecule has 0 atom stereocenters. The van der Waals surface area contributed by atoms with E-state index in [9.17, 15) is 13.6 Å². The molecule has 0 amide bonds. The number of halogens is 3. The molecule has 2 heterocycles. The number of piperazine rings is 1. The topological polar surface area (TPSA) is 50.2 Å². The van der Waals surface area contributed by atoms with Gasteiger partial charge in [-0.15, -0.1) is 0 Å². The van der Waals surface area contributed by atoms with Crippen LogP contribution in [-0.4, -0.2) is 36.0 Å². The molecule has 1 N–H and O–H groups in total. The standard InChI is InChI=1S/C14H13ClF2N4O/c15-13-12(20-3-1-18-2-4-20)8-19-21(14(13)22)11-6-9(16)5-10(17)7-11/h5-8,18H,1-4H2. The number of hydrogen-bond donors (Lipinski definition) is 1. The lowest BCUT2D eigenvalue weighted by atomic mass is 10.3. The first kappa shape index (κ1) is 14.9. The van der Waals surface area contributed by atoms with E-state index < -0.39 is 17.2 Å². The lowest BCUT2D eigenvalue weighted by Crippen LogP contribution is -2.44. The molecule has 1 aromatic carbocycles. The minimum Gasteiger partial charge on any atom is -0.366 e. The number of nitrogens with one attached hydrogen (secondary N) is 1. The average molecular weight is 327 g/mol. The van der Waals surface area contributed by atoms with E-state index in [-0.39, 0.29) is 10.7 Å². The predicted octanol–water partition coefficient (Wildman–Crippen LogP) is 1.57. The van der Waals surface area contributed by atoms with Crippen molar-refractivity contribution in [1.29, 1.82) is 0 Å². The molecule has 1 aliphatic heterocycles. The van der Waals surface area contributed by atoms with Crippen LogP contribution < -0.4 is 15.8 Å².